The van der Waals surface area contributed by atoms with Crippen LogP contribution in [0.15, 0.2) is 12.7 Å². The molecule has 2 saturated heterocycles. The van der Waals surface area contributed by atoms with E-state index in [-0.39, 0.29) is 16.3 Å². The van der Waals surface area contributed by atoms with Crippen molar-refractivity contribution < 1.29 is 28.3 Å². The Labute approximate surface area is 161 Å². The summed E-state index contributed by atoms with van der Waals surface area (Å²) in [5.74, 6) is -0.696. The molecule has 0 aromatic heterocycles. The van der Waals surface area contributed by atoms with E-state index in [0.29, 0.717) is 19.5 Å². The Morgan fingerprint density at radius 2 is 1.56 bits per heavy atom. The molecule has 0 spiro atoms. The Bertz CT molecular complexity index is 640. The first kappa shape index (κ1) is 21.4. The zero-order valence-corrected chi connectivity index (χ0v) is 17.6. The topological polar surface area (TPSA) is 72.9 Å². The van der Waals surface area contributed by atoms with Gasteiger partial charge in [-0.25, -0.2) is 23.8 Å². The van der Waals surface area contributed by atoms with E-state index in [2.05, 4.69) is 6.58 Å². The molecule has 2 amide bonds. The van der Waals surface area contributed by atoms with Gasteiger partial charge < -0.3 is 9.47 Å². The highest BCUT2D eigenvalue weighted by atomic mass is 16.6. The Morgan fingerprint density at radius 1 is 1.04 bits per heavy atom. The zero-order chi connectivity index (χ0) is 20.8. The van der Waals surface area contributed by atoms with Crippen LogP contribution in [0.2, 0.25) is 0 Å². The van der Waals surface area contributed by atoms with Gasteiger partial charge in [0, 0.05) is 0 Å². The summed E-state index contributed by atoms with van der Waals surface area (Å²) in [6.45, 7) is 17.4. The summed E-state index contributed by atoms with van der Waals surface area (Å²) >= 11 is 0. The lowest BCUT2D eigenvalue weighted by Gasteiger charge is -2.35. The minimum Gasteiger partial charge on any atom is -0.458 e. The molecular weight excluding hydrogens is 348 g/mol. The van der Waals surface area contributed by atoms with Crippen molar-refractivity contribution in [2.75, 3.05) is 13.1 Å². The lowest BCUT2D eigenvalue weighted by atomic mass is 10.0. The third kappa shape index (κ3) is 4.51. The SMILES string of the molecule is C=C[C@@H]1C[C@@H](C(=O)OC(C)(C)C)N(C(=O)OC(C)(C)C)[C@H]1[N+]1(C(C)=O)CC1. The number of hydrogen-bond acceptors (Lipinski definition) is 5. The van der Waals surface area contributed by atoms with Crippen LogP contribution in [0.5, 0.6) is 0 Å². The molecule has 7 heteroatoms. The van der Waals surface area contributed by atoms with Crippen LogP contribution in [0.3, 0.4) is 0 Å². The van der Waals surface area contributed by atoms with E-state index < -0.39 is 35.5 Å². The Hall–Kier alpha value is -1.89. The van der Waals surface area contributed by atoms with Crippen molar-refractivity contribution in [1.29, 1.82) is 0 Å². The van der Waals surface area contributed by atoms with Gasteiger partial charge in [0.1, 0.15) is 30.3 Å². The van der Waals surface area contributed by atoms with Crippen molar-refractivity contribution in [3.8, 4) is 0 Å². The van der Waals surface area contributed by atoms with Crippen molar-refractivity contribution in [1.82, 2.24) is 4.90 Å². The van der Waals surface area contributed by atoms with E-state index in [0.717, 1.165) is 0 Å². The molecule has 152 valence electrons. The lowest BCUT2D eigenvalue weighted by molar-refractivity contribution is -0.765. The van der Waals surface area contributed by atoms with Crippen LogP contribution >= 0.6 is 0 Å². The summed E-state index contributed by atoms with van der Waals surface area (Å²) in [6.07, 6.45) is 1.01. The highest BCUT2D eigenvalue weighted by Crippen LogP contribution is 2.43. The normalized spacial score (nSPS) is 27.1. The van der Waals surface area contributed by atoms with Crippen molar-refractivity contribution >= 4 is 18.0 Å². The third-order valence-corrected chi connectivity index (χ3v) is 4.92. The molecule has 0 aromatic carbocycles. The molecule has 27 heavy (non-hydrogen) atoms. The van der Waals surface area contributed by atoms with Crippen LogP contribution in [0.1, 0.15) is 54.9 Å². The predicted molar refractivity (Wildman–Crippen MR) is 100 cm³/mol. The quantitative estimate of drug-likeness (QED) is 0.325. The fraction of sp³-hybridized carbons (Fsp3) is 0.750. The van der Waals surface area contributed by atoms with Crippen LogP contribution in [-0.4, -0.2) is 63.9 Å². The number of quaternary nitrogens is 1. The average Bonchev–Trinajstić information content (AvgIpc) is 3.17. The number of nitrogens with zero attached hydrogens (tertiary/aromatic N) is 2. The van der Waals surface area contributed by atoms with E-state index >= 15 is 0 Å². The van der Waals surface area contributed by atoms with E-state index in [1.54, 1.807) is 47.6 Å². The van der Waals surface area contributed by atoms with Gasteiger partial charge in [0.15, 0.2) is 6.17 Å². The Morgan fingerprint density at radius 3 is 1.93 bits per heavy atom. The highest BCUT2D eigenvalue weighted by Gasteiger charge is 2.65. The number of carbonyl (C=O) groups excluding carboxylic acids is 3. The van der Waals surface area contributed by atoms with Gasteiger partial charge in [0.2, 0.25) is 0 Å². The monoisotopic (exact) mass is 381 g/mol. The minimum absolute atomic E-state index is 0.0229. The molecule has 0 unspecified atom stereocenters. The molecule has 0 bridgehead atoms. The maximum absolute atomic E-state index is 13.1. The van der Waals surface area contributed by atoms with Gasteiger partial charge >= 0.3 is 18.0 Å². The maximum Gasteiger partial charge on any atom is 0.415 e. The first-order chi connectivity index (χ1) is 12.2. The number of rotatable bonds is 3. The van der Waals surface area contributed by atoms with E-state index in [9.17, 15) is 14.4 Å². The summed E-state index contributed by atoms with van der Waals surface area (Å²) < 4.78 is 11.3. The van der Waals surface area contributed by atoms with E-state index in [4.69, 9.17) is 9.47 Å². The van der Waals surface area contributed by atoms with Crippen LogP contribution in [0.4, 0.5) is 4.79 Å². The number of ether oxygens (including phenoxy) is 2. The standard InChI is InChI=1S/C20H33N2O5/c1-9-14-12-15(17(24)26-19(3,4)5)21(18(25)27-20(6,7)8)16(14)22(10-11-22)13(2)23/h9,14-16H,1,10-12H2,2-8H3/q+1/t14-,15+,16+/m1/s1. The average molecular weight is 381 g/mol. The molecule has 0 aromatic rings. The maximum atomic E-state index is 13.1. The molecule has 3 atom stereocenters. The molecule has 0 saturated carbocycles. The van der Waals surface area contributed by atoms with Gasteiger partial charge in [-0.3, -0.25) is 0 Å². The molecule has 2 aliphatic heterocycles. The first-order valence-corrected chi connectivity index (χ1v) is 9.46. The van der Waals surface area contributed by atoms with E-state index in [1.165, 1.54) is 11.8 Å². The predicted octanol–water partition coefficient (Wildman–Crippen LogP) is 2.84. The number of amides is 2. The molecule has 2 heterocycles. The minimum atomic E-state index is -0.804. The van der Waals surface area contributed by atoms with Crippen molar-refractivity contribution in [3.63, 3.8) is 0 Å². The van der Waals surface area contributed by atoms with Crippen LogP contribution in [0, 0.1) is 5.92 Å². The first-order valence-electron chi connectivity index (χ1n) is 9.46. The third-order valence-electron chi connectivity index (χ3n) is 4.92. The van der Waals surface area contributed by atoms with Gasteiger partial charge in [0.25, 0.3) is 0 Å². The number of likely N-dealkylation sites (tertiary alicyclic amines) is 1. The van der Waals surface area contributed by atoms with Crippen LogP contribution in [-0.2, 0) is 19.1 Å². The van der Waals surface area contributed by atoms with Crippen molar-refractivity contribution in [2.24, 2.45) is 5.92 Å². The molecule has 7 nitrogen and oxygen atoms in total. The molecule has 0 N–H and O–H groups in total. The smallest absolute Gasteiger partial charge is 0.415 e. The number of carbonyl (C=O) groups is 3. The number of hydrogen-bond donors (Lipinski definition) is 0. The number of esters is 1. The largest absolute Gasteiger partial charge is 0.458 e. The second-order valence-corrected chi connectivity index (χ2v) is 9.49. The summed E-state index contributed by atoms with van der Waals surface area (Å²) in [5, 5.41) is 0. The fourth-order valence-electron chi connectivity index (χ4n) is 3.71. The second-order valence-electron chi connectivity index (χ2n) is 9.49. The second kappa shape index (κ2) is 6.93. The van der Waals surface area contributed by atoms with Crippen LogP contribution in [0.25, 0.3) is 0 Å². The fourth-order valence-corrected chi connectivity index (χ4v) is 3.71. The molecule has 2 aliphatic rings. The summed E-state index contributed by atoms with van der Waals surface area (Å²) in [7, 11) is 0. The van der Waals surface area contributed by atoms with Crippen LogP contribution < -0.4 is 0 Å². The Balaban J connectivity index is 2.44. The van der Waals surface area contributed by atoms with Gasteiger partial charge in [0.05, 0.1) is 12.8 Å². The lowest BCUT2D eigenvalue weighted by Crippen LogP contribution is -2.58. The highest BCUT2D eigenvalue weighted by molar-refractivity contribution is 5.83. The van der Waals surface area contributed by atoms with Gasteiger partial charge in [-0.15, -0.1) is 6.58 Å². The van der Waals surface area contributed by atoms with Gasteiger partial charge in [-0.05, 0) is 48.0 Å². The van der Waals surface area contributed by atoms with E-state index in [1.807, 2.05) is 0 Å². The van der Waals surface area contributed by atoms with Gasteiger partial charge in [-0.1, -0.05) is 6.08 Å². The molecule has 2 fully saturated rings. The summed E-state index contributed by atoms with van der Waals surface area (Å²) in [6, 6.07) is -0.804. The summed E-state index contributed by atoms with van der Waals surface area (Å²) in [4.78, 5) is 39.7. The molecule has 0 aliphatic carbocycles. The Kier molecular flexibility index (Phi) is 5.49. The van der Waals surface area contributed by atoms with Crippen molar-refractivity contribution in [3.05, 3.63) is 12.7 Å². The summed E-state index contributed by atoms with van der Waals surface area (Å²) in [5.41, 5.74) is -1.39. The molecular formula is C20H33N2O5+. The zero-order valence-electron chi connectivity index (χ0n) is 17.6. The van der Waals surface area contributed by atoms with Gasteiger partial charge in [-0.2, -0.15) is 0 Å². The molecule has 2 rings (SSSR count). The van der Waals surface area contributed by atoms with Crippen molar-refractivity contribution in [2.45, 2.75) is 78.3 Å². The molecule has 0 radical (unpaired) electrons.